The van der Waals surface area contributed by atoms with Crippen LogP contribution in [0.25, 0.3) is 11.1 Å². The second kappa shape index (κ2) is 8.21. The fourth-order valence-electron chi connectivity index (χ4n) is 3.88. The predicted molar refractivity (Wildman–Crippen MR) is 116 cm³/mol. The third-order valence-corrected chi connectivity index (χ3v) is 5.78. The van der Waals surface area contributed by atoms with Crippen molar-refractivity contribution in [2.24, 2.45) is 0 Å². The van der Waals surface area contributed by atoms with Crippen LogP contribution in [0.5, 0.6) is 0 Å². The van der Waals surface area contributed by atoms with E-state index in [1.54, 1.807) is 0 Å². The lowest BCUT2D eigenvalue weighted by Gasteiger charge is -2.20. The monoisotopic (exact) mass is 449 g/mol. The molecule has 0 saturated carbocycles. The van der Waals surface area contributed by atoms with E-state index < -0.39 is 17.9 Å². The molecular weight excluding hydrogens is 430 g/mol. The molecular formula is C24H20BrNO3. The van der Waals surface area contributed by atoms with Crippen LogP contribution in [0.3, 0.4) is 0 Å². The fourth-order valence-corrected chi connectivity index (χ4v) is 4.15. The topological polar surface area (TPSA) is 55.4 Å². The Hall–Kier alpha value is -2.92. The molecule has 4 nitrogen and oxygen atoms in total. The smallest absolute Gasteiger partial charge is 0.328 e. The number of esters is 1. The van der Waals surface area contributed by atoms with E-state index in [0.717, 1.165) is 32.3 Å². The number of carbonyl (C=O) groups excluding carboxylic acids is 2. The van der Waals surface area contributed by atoms with Gasteiger partial charge < -0.3 is 10.1 Å². The maximum absolute atomic E-state index is 13.3. The van der Waals surface area contributed by atoms with Gasteiger partial charge in [0.2, 0.25) is 5.91 Å². The number of rotatable bonds is 5. The van der Waals surface area contributed by atoms with Crippen molar-refractivity contribution in [2.75, 3.05) is 7.11 Å². The molecule has 5 heteroatoms. The lowest BCUT2D eigenvalue weighted by atomic mass is 9.95. The highest BCUT2D eigenvalue weighted by molar-refractivity contribution is 9.10. The molecule has 0 aliphatic heterocycles. The Morgan fingerprint density at radius 1 is 0.931 bits per heavy atom. The third-order valence-electron chi connectivity index (χ3n) is 5.25. The number of halogens is 1. The van der Waals surface area contributed by atoms with Gasteiger partial charge in [0.15, 0.2) is 0 Å². The van der Waals surface area contributed by atoms with E-state index in [2.05, 4.69) is 21.2 Å². The molecule has 0 aromatic heterocycles. The number of ether oxygens (including phenoxy) is 1. The summed E-state index contributed by atoms with van der Waals surface area (Å²) in [6.07, 6.45) is 0.363. The van der Waals surface area contributed by atoms with Crippen molar-refractivity contribution in [3.05, 3.63) is 94.0 Å². The van der Waals surface area contributed by atoms with Gasteiger partial charge in [-0.1, -0.05) is 76.6 Å². The average molecular weight is 450 g/mol. The van der Waals surface area contributed by atoms with Crippen LogP contribution in [-0.4, -0.2) is 25.0 Å². The molecule has 1 N–H and O–H groups in total. The summed E-state index contributed by atoms with van der Waals surface area (Å²) in [4.78, 5) is 25.7. The maximum atomic E-state index is 13.3. The van der Waals surface area contributed by atoms with Gasteiger partial charge in [0.05, 0.1) is 13.0 Å². The highest BCUT2D eigenvalue weighted by atomic mass is 79.9. The first-order chi connectivity index (χ1) is 14.1. The molecule has 0 fully saturated rings. The Balaban J connectivity index is 1.62. The van der Waals surface area contributed by atoms with Crippen LogP contribution < -0.4 is 5.32 Å². The second-order valence-electron chi connectivity index (χ2n) is 7.02. The molecule has 29 heavy (non-hydrogen) atoms. The van der Waals surface area contributed by atoms with E-state index in [0.29, 0.717) is 6.42 Å². The molecule has 1 atom stereocenters. The zero-order valence-corrected chi connectivity index (χ0v) is 17.5. The number of benzene rings is 3. The summed E-state index contributed by atoms with van der Waals surface area (Å²) in [5.74, 6) is -1.10. The van der Waals surface area contributed by atoms with Crippen molar-refractivity contribution in [3.8, 4) is 11.1 Å². The van der Waals surface area contributed by atoms with Gasteiger partial charge in [-0.3, -0.25) is 4.79 Å². The van der Waals surface area contributed by atoms with Crippen molar-refractivity contribution in [1.29, 1.82) is 0 Å². The largest absolute Gasteiger partial charge is 0.467 e. The molecule has 146 valence electrons. The SMILES string of the molecule is COC(=O)[C@@H](Cc1ccc(Br)cc1)NC(=O)C1c2ccccc2-c2ccccc21. The first kappa shape index (κ1) is 19.4. The van der Waals surface area contributed by atoms with E-state index >= 15 is 0 Å². The average Bonchev–Trinajstić information content (AvgIpc) is 3.09. The molecule has 1 amide bonds. The minimum Gasteiger partial charge on any atom is -0.467 e. The van der Waals surface area contributed by atoms with Gasteiger partial charge in [0.1, 0.15) is 6.04 Å². The summed E-state index contributed by atoms with van der Waals surface area (Å²) < 4.78 is 5.91. The Bertz CT molecular complexity index is 1020. The molecule has 3 aromatic carbocycles. The first-order valence-corrected chi connectivity index (χ1v) is 10.2. The van der Waals surface area contributed by atoms with Gasteiger partial charge in [-0.25, -0.2) is 4.79 Å². The Morgan fingerprint density at radius 2 is 1.48 bits per heavy atom. The van der Waals surface area contributed by atoms with E-state index in [9.17, 15) is 9.59 Å². The minimum atomic E-state index is -0.756. The highest BCUT2D eigenvalue weighted by Crippen LogP contribution is 2.44. The van der Waals surface area contributed by atoms with Crippen molar-refractivity contribution in [3.63, 3.8) is 0 Å². The molecule has 0 spiro atoms. The predicted octanol–water partition coefficient (Wildman–Crippen LogP) is 4.46. The van der Waals surface area contributed by atoms with Gasteiger partial charge in [0, 0.05) is 10.9 Å². The van der Waals surface area contributed by atoms with Crippen molar-refractivity contribution >= 4 is 27.8 Å². The molecule has 0 unspecified atom stereocenters. The molecule has 0 saturated heterocycles. The van der Waals surface area contributed by atoms with Gasteiger partial charge in [-0.2, -0.15) is 0 Å². The highest BCUT2D eigenvalue weighted by Gasteiger charge is 2.35. The molecule has 0 bridgehead atoms. The molecule has 1 aliphatic carbocycles. The summed E-state index contributed by atoms with van der Waals surface area (Å²) in [7, 11) is 1.34. The Labute approximate surface area is 178 Å². The maximum Gasteiger partial charge on any atom is 0.328 e. The van der Waals surface area contributed by atoms with Crippen molar-refractivity contribution < 1.29 is 14.3 Å². The van der Waals surface area contributed by atoms with Crippen LogP contribution in [0.2, 0.25) is 0 Å². The number of methoxy groups -OCH3 is 1. The number of fused-ring (bicyclic) bond motifs is 3. The minimum absolute atomic E-state index is 0.199. The second-order valence-corrected chi connectivity index (χ2v) is 7.94. The lowest BCUT2D eigenvalue weighted by molar-refractivity contribution is -0.145. The number of amides is 1. The third kappa shape index (κ3) is 3.83. The van der Waals surface area contributed by atoms with Crippen LogP contribution >= 0.6 is 15.9 Å². The van der Waals surface area contributed by atoms with E-state index in [1.165, 1.54) is 7.11 Å². The fraction of sp³-hybridized carbons (Fsp3) is 0.167. The summed E-state index contributed by atoms with van der Waals surface area (Å²) in [5, 5.41) is 2.93. The van der Waals surface area contributed by atoms with E-state index in [1.807, 2.05) is 72.8 Å². The summed E-state index contributed by atoms with van der Waals surface area (Å²) in [6, 6.07) is 22.7. The van der Waals surface area contributed by atoms with Gasteiger partial charge in [-0.15, -0.1) is 0 Å². The zero-order valence-electron chi connectivity index (χ0n) is 15.9. The summed E-state index contributed by atoms with van der Waals surface area (Å²) >= 11 is 3.41. The van der Waals surface area contributed by atoms with Crippen molar-refractivity contribution in [2.45, 2.75) is 18.4 Å². The standard InChI is InChI=1S/C24H20BrNO3/c1-29-24(28)21(14-15-10-12-16(25)13-11-15)26-23(27)22-19-8-4-2-6-17(19)18-7-3-5-9-20(18)22/h2-13,21-22H,14H2,1H3,(H,26,27)/t21-/m1/s1. The number of hydrogen-bond donors (Lipinski definition) is 1. The summed E-state index contributed by atoms with van der Waals surface area (Å²) in [6.45, 7) is 0. The van der Waals surface area contributed by atoms with E-state index in [-0.39, 0.29) is 5.91 Å². The Morgan fingerprint density at radius 3 is 2.03 bits per heavy atom. The number of nitrogens with one attached hydrogen (secondary N) is 1. The van der Waals surface area contributed by atoms with Crippen LogP contribution in [-0.2, 0) is 20.7 Å². The normalized spacial score (nSPS) is 13.3. The molecule has 4 rings (SSSR count). The van der Waals surface area contributed by atoms with Crippen molar-refractivity contribution in [1.82, 2.24) is 5.32 Å². The quantitative estimate of drug-likeness (QED) is 0.584. The summed E-state index contributed by atoms with van der Waals surface area (Å²) in [5.41, 5.74) is 4.98. The zero-order chi connectivity index (χ0) is 20.4. The number of hydrogen-bond acceptors (Lipinski definition) is 3. The van der Waals surface area contributed by atoms with Crippen LogP contribution in [0.15, 0.2) is 77.3 Å². The molecule has 3 aromatic rings. The number of carbonyl (C=O) groups is 2. The van der Waals surface area contributed by atoms with Gasteiger partial charge >= 0.3 is 5.97 Å². The van der Waals surface area contributed by atoms with Crippen LogP contribution in [0, 0.1) is 0 Å². The molecule has 0 radical (unpaired) electrons. The van der Waals surface area contributed by atoms with Crippen LogP contribution in [0.4, 0.5) is 0 Å². The first-order valence-electron chi connectivity index (χ1n) is 9.39. The van der Waals surface area contributed by atoms with Crippen LogP contribution in [0.1, 0.15) is 22.6 Å². The lowest BCUT2D eigenvalue weighted by Crippen LogP contribution is -2.45. The van der Waals surface area contributed by atoms with E-state index in [4.69, 9.17) is 4.74 Å². The Kier molecular flexibility index (Phi) is 5.49. The van der Waals surface area contributed by atoms with Gasteiger partial charge in [0.25, 0.3) is 0 Å². The molecule has 1 aliphatic rings. The van der Waals surface area contributed by atoms with Gasteiger partial charge in [-0.05, 0) is 39.9 Å². The molecule has 0 heterocycles.